The molecule has 0 radical (unpaired) electrons. The van der Waals surface area contributed by atoms with Crippen molar-refractivity contribution in [2.75, 3.05) is 19.0 Å². The molecule has 0 saturated heterocycles. The first-order valence-electron chi connectivity index (χ1n) is 9.52. The van der Waals surface area contributed by atoms with Crippen molar-refractivity contribution in [2.24, 2.45) is 13.0 Å². The van der Waals surface area contributed by atoms with Crippen LogP contribution in [0.4, 0.5) is 5.95 Å². The van der Waals surface area contributed by atoms with Crippen molar-refractivity contribution in [1.29, 1.82) is 0 Å². The lowest BCUT2D eigenvalue weighted by Crippen LogP contribution is -2.38. The maximum atomic E-state index is 5.21. The van der Waals surface area contributed by atoms with E-state index in [0.29, 0.717) is 17.9 Å². The molecule has 0 aliphatic heterocycles. The smallest absolute Gasteiger partial charge is 0.241 e. The lowest BCUT2D eigenvalue weighted by molar-refractivity contribution is 0.104. The zero-order valence-corrected chi connectivity index (χ0v) is 16.3. The molecule has 28 heavy (non-hydrogen) atoms. The van der Waals surface area contributed by atoms with Crippen molar-refractivity contribution in [2.45, 2.75) is 25.8 Å². The normalized spacial score (nSPS) is 19.2. The summed E-state index contributed by atoms with van der Waals surface area (Å²) >= 11 is 0. The van der Waals surface area contributed by atoms with Crippen LogP contribution in [0.3, 0.4) is 0 Å². The summed E-state index contributed by atoms with van der Waals surface area (Å²) in [4.78, 5) is 13.9. The number of fused-ring (bicyclic) bond motifs is 2. The van der Waals surface area contributed by atoms with Crippen LogP contribution in [0, 0.1) is 12.8 Å². The molecule has 4 aromatic heterocycles. The number of nitrogens with zero attached hydrogens (tertiary/aromatic N) is 6. The van der Waals surface area contributed by atoms with Crippen molar-refractivity contribution in [3.05, 3.63) is 36.4 Å². The first-order valence-corrected chi connectivity index (χ1v) is 9.52. The van der Waals surface area contributed by atoms with Gasteiger partial charge in [0.25, 0.3) is 0 Å². The molecule has 0 aromatic carbocycles. The summed E-state index contributed by atoms with van der Waals surface area (Å²) < 4.78 is 9.07. The molecule has 8 nitrogen and oxygen atoms in total. The van der Waals surface area contributed by atoms with Gasteiger partial charge in [-0.2, -0.15) is 0 Å². The van der Waals surface area contributed by atoms with Gasteiger partial charge in [-0.25, -0.2) is 19.5 Å². The van der Waals surface area contributed by atoms with E-state index in [0.717, 1.165) is 53.2 Å². The molecule has 0 spiro atoms. The molecule has 4 heterocycles. The van der Waals surface area contributed by atoms with E-state index in [2.05, 4.69) is 20.4 Å². The topological polar surface area (TPSA) is 82.2 Å². The van der Waals surface area contributed by atoms with Gasteiger partial charge in [0, 0.05) is 38.6 Å². The van der Waals surface area contributed by atoms with Gasteiger partial charge in [0.05, 0.1) is 17.4 Å². The zero-order chi connectivity index (χ0) is 19.3. The van der Waals surface area contributed by atoms with Gasteiger partial charge in [-0.05, 0) is 43.9 Å². The van der Waals surface area contributed by atoms with E-state index < -0.39 is 0 Å². The molecule has 1 saturated carbocycles. The van der Waals surface area contributed by atoms with Crippen molar-refractivity contribution < 1.29 is 4.74 Å². The van der Waals surface area contributed by atoms with E-state index in [1.807, 2.05) is 53.6 Å². The lowest BCUT2D eigenvalue weighted by atomic mass is 9.81. The highest BCUT2D eigenvalue weighted by Gasteiger charge is 2.29. The number of rotatable bonds is 5. The summed E-state index contributed by atoms with van der Waals surface area (Å²) in [7, 11) is 3.74. The standard InChI is InChI=1S/C20H23N7O/c1-12-22-17-5-4-16(24-19(17)26(12)2)15-6-7-27-18(15)10-21-20(25-27)23-14-8-13(9-14)11-28-3/h4-7,10,13-14H,8-9,11H2,1-3H3,(H,23,25). The highest BCUT2D eigenvalue weighted by molar-refractivity contribution is 5.82. The number of nitrogens with one attached hydrogen (secondary N) is 1. The number of hydrogen-bond donors (Lipinski definition) is 1. The monoisotopic (exact) mass is 377 g/mol. The number of imidazole rings is 1. The molecule has 5 rings (SSSR count). The van der Waals surface area contributed by atoms with Gasteiger partial charge in [-0.15, -0.1) is 5.10 Å². The predicted octanol–water partition coefficient (Wildman–Crippen LogP) is 2.82. The second-order valence-corrected chi connectivity index (χ2v) is 7.53. The Bertz CT molecular complexity index is 1160. The molecule has 1 N–H and O–H groups in total. The number of aryl methyl sites for hydroxylation is 2. The molecule has 1 aliphatic rings. The first kappa shape index (κ1) is 17.1. The van der Waals surface area contributed by atoms with Gasteiger partial charge in [0.15, 0.2) is 5.65 Å². The molecule has 8 heteroatoms. The minimum Gasteiger partial charge on any atom is -0.384 e. The number of anilines is 1. The molecule has 144 valence electrons. The first-order chi connectivity index (χ1) is 13.6. The van der Waals surface area contributed by atoms with Crippen molar-refractivity contribution in [1.82, 2.24) is 29.1 Å². The third-order valence-corrected chi connectivity index (χ3v) is 5.60. The molecule has 0 bridgehead atoms. The van der Waals surface area contributed by atoms with Crippen LogP contribution in [-0.4, -0.2) is 48.9 Å². The van der Waals surface area contributed by atoms with Crippen molar-refractivity contribution in [3.63, 3.8) is 0 Å². The Morgan fingerprint density at radius 2 is 2.07 bits per heavy atom. The summed E-state index contributed by atoms with van der Waals surface area (Å²) in [6.07, 6.45) is 6.00. The number of ether oxygens (including phenoxy) is 1. The molecule has 0 amide bonds. The molecule has 0 unspecified atom stereocenters. The quantitative estimate of drug-likeness (QED) is 0.576. The zero-order valence-electron chi connectivity index (χ0n) is 16.3. The molecule has 1 aliphatic carbocycles. The minimum absolute atomic E-state index is 0.421. The second kappa shape index (κ2) is 6.56. The van der Waals surface area contributed by atoms with Crippen LogP contribution in [-0.2, 0) is 11.8 Å². The number of pyridine rings is 1. The van der Waals surface area contributed by atoms with Crippen LogP contribution in [0.5, 0.6) is 0 Å². The third kappa shape index (κ3) is 2.80. The SMILES string of the molecule is COCC1CC(Nc2ncc3c(-c4ccc5nc(C)n(C)c5n4)ccn3n2)C1. The number of hydrogen-bond acceptors (Lipinski definition) is 6. The highest BCUT2D eigenvalue weighted by Crippen LogP contribution is 2.30. The van der Waals surface area contributed by atoms with Crippen LogP contribution in [0.25, 0.3) is 27.9 Å². The maximum Gasteiger partial charge on any atom is 0.241 e. The molecule has 4 aromatic rings. The van der Waals surface area contributed by atoms with Crippen LogP contribution in [0.1, 0.15) is 18.7 Å². The summed E-state index contributed by atoms with van der Waals surface area (Å²) in [6.45, 7) is 2.81. The van der Waals surface area contributed by atoms with E-state index in [9.17, 15) is 0 Å². The van der Waals surface area contributed by atoms with Gasteiger partial charge in [-0.3, -0.25) is 0 Å². The second-order valence-electron chi connectivity index (χ2n) is 7.53. The summed E-state index contributed by atoms with van der Waals surface area (Å²) in [5, 5.41) is 8.03. The molecular weight excluding hydrogens is 354 g/mol. The molecular formula is C20H23N7O. The van der Waals surface area contributed by atoms with E-state index >= 15 is 0 Å². The third-order valence-electron chi connectivity index (χ3n) is 5.60. The van der Waals surface area contributed by atoms with Crippen LogP contribution < -0.4 is 5.32 Å². The van der Waals surface area contributed by atoms with Gasteiger partial charge in [0.1, 0.15) is 11.3 Å². The Labute approximate surface area is 162 Å². The fourth-order valence-corrected chi connectivity index (χ4v) is 3.92. The summed E-state index contributed by atoms with van der Waals surface area (Å²) in [5.41, 5.74) is 4.62. The van der Waals surface area contributed by atoms with Gasteiger partial charge >= 0.3 is 0 Å². The number of aromatic nitrogens is 6. The van der Waals surface area contributed by atoms with Crippen molar-refractivity contribution in [3.8, 4) is 11.3 Å². The van der Waals surface area contributed by atoms with E-state index in [-0.39, 0.29) is 0 Å². The maximum absolute atomic E-state index is 5.21. The summed E-state index contributed by atoms with van der Waals surface area (Å²) in [6, 6.07) is 6.46. The number of methoxy groups -OCH3 is 1. The van der Waals surface area contributed by atoms with Crippen LogP contribution >= 0.6 is 0 Å². The highest BCUT2D eigenvalue weighted by atomic mass is 16.5. The lowest BCUT2D eigenvalue weighted by Gasteiger charge is -2.35. The van der Waals surface area contributed by atoms with Crippen LogP contribution in [0.2, 0.25) is 0 Å². The summed E-state index contributed by atoms with van der Waals surface area (Å²) in [5.74, 6) is 2.24. The Kier molecular flexibility index (Phi) is 4.01. The van der Waals surface area contributed by atoms with E-state index in [1.54, 1.807) is 7.11 Å². The predicted molar refractivity (Wildman–Crippen MR) is 107 cm³/mol. The molecule has 1 fully saturated rings. The minimum atomic E-state index is 0.421. The Hall–Kier alpha value is -3.00. The molecule has 0 atom stereocenters. The Morgan fingerprint density at radius 3 is 2.89 bits per heavy atom. The average Bonchev–Trinajstić information content (AvgIpc) is 3.21. The Morgan fingerprint density at radius 1 is 1.21 bits per heavy atom. The van der Waals surface area contributed by atoms with Crippen molar-refractivity contribution >= 4 is 22.6 Å². The fourth-order valence-electron chi connectivity index (χ4n) is 3.92. The Balaban J connectivity index is 1.42. The van der Waals surface area contributed by atoms with Crippen LogP contribution in [0.15, 0.2) is 30.6 Å². The fraction of sp³-hybridized carbons (Fsp3) is 0.400. The largest absolute Gasteiger partial charge is 0.384 e. The average molecular weight is 377 g/mol. The van der Waals surface area contributed by atoms with Gasteiger partial charge in [0.2, 0.25) is 5.95 Å². The van der Waals surface area contributed by atoms with Gasteiger partial charge < -0.3 is 14.6 Å². The van der Waals surface area contributed by atoms with E-state index in [1.165, 1.54) is 0 Å². The van der Waals surface area contributed by atoms with E-state index in [4.69, 9.17) is 9.72 Å². The van der Waals surface area contributed by atoms with Gasteiger partial charge in [-0.1, -0.05) is 0 Å².